The maximum absolute atomic E-state index is 13.0. The Balaban J connectivity index is 3.86. The van der Waals surface area contributed by atoms with Crippen LogP contribution in [0, 0.1) is 0 Å². The number of ether oxygens (including phenoxy) is 2. The van der Waals surface area contributed by atoms with E-state index in [-0.39, 0.29) is 25.6 Å². The number of hydrogen-bond acceptors (Lipinski definition) is 7. The van der Waals surface area contributed by atoms with Crippen LogP contribution in [0.15, 0.2) is 97.2 Å². The van der Waals surface area contributed by atoms with E-state index in [1.54, 1.807) is 0 Å². The molecule has 0 spiro atoms. The summed E-state index contributed by atoms with van der Waals surface area (Å²) >= 11 is 0. The number of phosphoric acid groups is 1. The van der Waals surface area contributed by atoms with Gasteiger partial charge in [-0.3, -0.25) is 18.6 Å². The van der Waals surface area contributed by atoms with Gasteiger partial charge in [0.15, 0.2) is 6.10 Å². The molecule has 0 rings (SSSR count). The van der Waals surface area contributed by atoms with Crippen LogP contribution < -0.4 is 0 Å². The topological polar surface area (TPSA) is 108 Å². The first-order valence-corrected chi connectivity index (χ1v) is 46.5. The van der Waals surface area contributed by atoms with Gasteiger partial charge in [0.25, 0.3) is 0 Å². The van der Waals surface area contributed by atoms with Gasteiger partial charge in [-0.1, -0.05) is 426 Å². The lowest BCUT2D eigenvalue weighted by molar-refractivity contribution is -0.870. The summed E-state index contributed by atoms with van der Waals surface area (Å²) in [5.74, 6) is -0.774. The number of unbranched alkanes of at least 4 members (excludes halogenated alkanes) is 54. The molecule has 606 valence electrons. The Morgan fingerprint density at radius 2 is 0.548 bits per heavy atom. The Hall–Kier alpha value is -3.07. The molecule has 0 fully saturated rings. The second-order valence-corrected chi connectivity index (χ2v) is 33.1. The van der Waals surface area contributed by atoms with E-state index < -0.39 is 26.5 Å². The monoisotopic (exact) mass is 1480 g/mol. The molecule has 2 unspecified atom stereocenters. The molecule has 10 heteroatoms. The SMILES string of the molecule is CC/C=C\C/C=C\C/C=C\C/C=C\C/C=C\C/C=C\CCCCCCCCCCCCCCCCCCCCCCCCC(=O)OC(COC(=O)CCCCCCCCCCCCCCCCCCCCCCCCCCCCC/C=C\C/C=C\CCCCCCC)COP(=O)(O)OCC[N+](C)(C)C. The van der Waals surface area contributed by atoms with Gasteiger partial charge >= 0.3 is 19.8 Å². The lowest BCUT2D eigenvalue weighted by Gasteiger charge is -2.24. The Morgan fingerprint density at radius 3 is 0.817 bits per heavy atom. The van der Waals surface area contributed by atoms with E-state index in [9.17, 15) is 19.0 Å². The van der Waals surface area contributed by atoms with E-state index in [2.05, 4.69) is 111 Å². The van der Waals surface area contributed by atoms with Gasteiger partial charge in [-0.15, -0.1) is 0 Å². The molecule has 9 nitrogen and oxygen atoms in total. The second kappa shape index (κ2) is 84.0. The summed E-state index contributed by atoms with van der Waals surface area (Å²) in [4.78, 5) is 36.1. The van der Waals surface area contributed by atoms with Crippen LogP contribution in [0.2, 0.25) is 0 Å². The van der Waals surface area contributed by atoms with Crippen molar-refractivity contribution in [1.82, 2.24) is 0 Å². The van der Waals surface area contributed by atoms with Crippen molar-refractivity contribution < 1.29 is 42.1 Å². The first-order valence-electron chi connectivity index (χ1n) is 45.0. The van der Waals surface area contributed by atoms with Gasteiger partial charge in [0.1, 0.15) is 19.8 Å². The average Bonchev–Trinajstić information content (AvgIpc) is 0.920. The molecule has 0 saturated heterocycles. The molecule has 0 aromatic carbocycles. The lowest BCUT2D eigenvalue weighted by atomic mass is 10.0. The van der Waals surface area contributed by atoms with Crippen LogP contribution in [-0.2, 0) is 32.7 Å². The first-order chi connectivity index (χ1) is 51.0. The fourth-order valence-corrected chi connectivity index (χ4v) is 14.0. The third-order valence-corrected chi connectivity index (χ3v) is 21.1. The van der Waals surface area contributed by atoms with Crippen molar-refractivity contribution in [3.8, 4) is 0 Å². The zero-order chi connectivity index (χ0) is 75.4. The number of hydrogen-bond donors (Lipinski definition) is 1. The summed E-state index contributed by atoms with van der Waals surface area (Å²) in [6.45, 7) is 4.38. The molecule has 0 aromatic heterocycles. The Morgan fingerprint density at radius 1 is 0.308 bits per heavy atom. The quantitative estimate of drug-likeness (QED) is 0.0211. The number of carbonyl (C=O) groups is 2. The molecule has 2 atom stereocenters. The number of esters is 2. The maximum Gasteiger partial charge on any atom is 0.472 e. The zero-order valence-electron chi connectivity index (χ0n) is 69.5. The van der Waals surface area contributed by atoms with Crippen LogP contribution in [0.1, 0.15) is 438 Å². The van der Waals surface area contributed by atoms with Gasteiger partial charge in [-0.2, -0.15) is 0 Å². The molecular formula is C94H173NO8P+. The molecule has 0 bridgehead atoms. The number of nitrogens with zero attached hydrogens (tertiary/aromatic N) is 1. The summed E-state index contributed by atoms with van der Waals surface area (Å²) in [5, 5.41) is 0. The van der Waals surface area contributed by atoms with Crippen LogP contribution in [0.3, 0.4) is 0 Å². The van der Waals surface area contributed by atoms with Gasteiger partial charge in [0, 0.05) is 12.8 Å². The highest BCUT2D eigenvalue weighted by molar-refractivity contribution is 7.47. The van der Waals surface area contributed by atoms with E-state index in [0.29, 0.717) is 23.9 Å². The van der Waals surface area contributed by atoms with Crippen LogP contribution in [-0.4, -0.2) is 74.9 Å². The molecule has 104 heavy (non-hydrogen) atoms. The molecule has 0 aliphatic carbocycles. The van der Waals surface area contributed by atoms with E-state index in [1.165, 1.54) is 327 Å². The highest BCUT2D eigenvalue weighted by Gasteiger charge is 2.27. The molecule has 0 aliphatic rings. The minimum absolute atomic E-state index is 0.0331. The average molecular weight is 1480 g/mol. The van der Waals surface area contributed by atoms with Crippen molar-refractivity contribution in [2.24, 2.45) is 0 Å². The predicted molar refractivity (Wildman–Crippen MR) is 455 cm³/mol. The number of likely N-dealkylation sites (N-methyl/N-ethyl adjacent to an activating group) is 1. The van der Waals surface area contributed by atoms with Crippen molar-refractivity contribution in [2.75, 3.05) is 47.5 Å². The Bertz CT molecular complexity index is 2080. The number of carbonyl (C=O) groups excluding carboxylic acids is 2. The third-order valence-electron chi connectivity index (χ3n) is 20.1. The normalized spacial score (nSPS) is 13.4. The first kappa shape index (κ1) is 101. The van der Waals surface area contributed by atoms with E-state index >= 15 is 0 Å². The number of quaternary nitrogens is 1. The second-order valence-electron chi connectivity index (χ2n) is 31.6. The predicted octanol–water partition coefficient (Wildman–Crippen LogP) is 30.5. The largest absolute Gasteiger partial charge is 0.472 e. The summed E-state index contributed by atoms with van der Waals surface area (Å²) in [6, 6.07) is 0. The van der Waals surface area contributed by atoms with E-state index in [1.807, 2.05) is 21.1 Å². The fourth-order valence-electron chi connectivity index (χ4n) is 13.3. The van der Waals surface area contributed by atoms with Crippen molar-refractivity contribution in [3.63, 3.8) is 0 Å². The van der Waals surface area contributed by atoms with Crippen LogP contribution in [0.5, 0.6) is 0 Å². The molecule has 0 radical (unpaired) electrons. The number of phosphoric ester groups is 1. The van der Waals surface area contributed by atoms with Crippen molar-refractivity contribution in [3.05, 3.63) is 97.2 Å². The van der Waals surface area contributed by atoms with Gasteiger partial charge < -0.3 is 18.9 Å². The summed E-state index contributed by atoms with van der Waals surface area (Å²) < 4.78 is 34.9. The minimum atomic E-state index is -4.40. The van der Waals surface area contributed by atoms with Gasteiger partial charge in [-0.25, -0.2) is 4.57 Å². The van der Waals surface area contributed by atoms with Gasteiger partial charge in [-0.05, 0) is 96.3 Å². The van der Waals surface area contributed by atoms with E-state index in [4.69, 9.17) is 18.5 Å². The van der Waals surface area contributed by atoms with Gasteiger partial charge in [0.05, 0.1) is 27.7 Å². The van der Waals surface area contributed by atoms with Crippen LogP contribution in [0.25, 0.3) is 0 Å². The molecule has 0 aliphatic heterocycles. The summed E-state index contributed by atoms with van der Waals surface area (Å²) in [7, 11) is 1.50. The minimum Gasteiger partial charge on any atom is -0.462 e. The van der Waals surface area contributed by atoms with Crippen molar-refractivity contribution in [2.45, 2.75) is 444 Å². The van der Waals surface area contributed by atoms with Gasteiger partial charge in [0.2, 0.25) is 0 Å². The summed E-state index contributed by atoms with van der Waals surface area (Å²) in [5.41, 5.74) is 0. The smallest absolute Gasteiger partial charge is 0.462 e. The molecule has 0 amide bonds. The molecule has 0 aromatic rings. The maximum atomic E-state index is 13.0. The Kier molecular flexibility index (Phi) is 81.5. The summed E-state index contributed by atoms with van der Waals surface area (Å²) in [6.07, 6.45) is 119. The lowest BCUT2D eigenvalue weighted by Crippen LogP contribution is -2.37. The molecule has 1 N–H and O–H groups in total. The fraction of sp³-hybridized carbons (Fsp3) is 0.809. The van der Waals surface area contributed by atoms with Crippen molar-refractivity contribution >= 4 is 19.8 Å². The standard InChI is InChI=1S/C94H172NO8P/c1-6-8-10-12-14-16-18-20-22-24-26-28-30-32-34-36-38-40-42-44-46-47-49-51-53-55-57-59-61-63-65-67-69-71-73-75-77-79-81-83-85-87-94(97)103-92(91-102-104(98,99)101-89-88-95(3,4)5)90-100-93(96)86-84-82-80-78-76-74-72-70-68-66-64-62-60-58-56-54-52-50-48-45-43-41-39-37-35-33-31-29-27-25-23-21-19-17-15-13-11-9-7-2/h8,10,14,16,19-22,25-28,32,34,38,40,92H,6-7,9,11-13,15,17-18,23-24,29-31,33,35-37,39,41-91H2,1-5H3/p+1/b10-8-,16-14-,21-19-,22-20-,27-25-,28-26-,34-32-,40-38-. The van der Waals surface area contributed by atoms with Crippen LogP contribution >= 0.6 is 7.82 Å². The molecule has 0 saturated carbocycles. The van der Waals surface area contributed by atoms with Crippen molar-refractivity contribution in [1.29, 1.82) is 0 Å². The van der Waals surface area contributed by atoms with Crippen LogP contribution in [0.4, 0.5) is 0 Å². The number of allylic oxidation sites excluding steroid dienone is 16. The molecule has 0 heterocycles. The molecular weight excluding hydrogens is 1300 g/mol. The number of rotatable bonds is 84. The Labute approximate surface area is 646 Å². The highest BCUT2D eigenvalue weighted by atomic mass is 31.2. The highest BCUT2D eigenvalue weighted by Crippen LogP contribution is 2.43. The third kappa shape index (κ3) is 87.8. The van der Waals surface area contributed by atoms with E-state index in [0.717, 1.165) is 77.0 Å². The zero-order valence-corrected chi connectivity index (χ0v) is 70.4.